The first-order valence-electron chi connectivity index (χ1n) is 6.15. The smallest absolute Gasteiger partial charge is 0.251 e. The van der Waals surface area contributed by atoms with Gasteiger partial charge in [-0.2, -0.15) is 0 Å². The Balaban J connectivity index is 1.64. The fourth-order valence-corrected chi connectivity index (χ4v) is 2.30. The van der Waals surface area contributed by atoms with Gasteiger partial charge in [0.2, 0.25) is 6.79 Å². The quantitative estimate of drug-likeness (QED) is 0.832. The third-order valence-electron chi connectivity index (χ3n) is 3.00. The van der Waals surface area contributed by atoms with Crippen LogP contribution >= 0.6 is 22.6 Å². The number of amides is 1. The minimum atomic E-state index is -0.0842. The molecule has 1 aliphatic rings. The lowest BCUT2D eigenvalue weighted by atomic mass is 10.2. The van der Waals surface area contributed by atoms with E-state index in [4.69, 9.17) is 9.47 Å². The van der Waals surface area contributed by atoms with Crippen molar-refractivity contribution in [3.8, 4) is 11.5 Å². The van der Waals surface area contributed by atoms with Crippen LogP contribution in [0.4, 0.5) is 0 Å². The molecule has 0 aliphatic carbocycles. The molecule has 0 unspecified atom stereocenters. The van der Waals surface area contributed by atoms with Crippen LogP contribution in [0.1, 0.15) is 15.9 Å². The first-order valence-corrected chi connectivity index (χ1v) is 7.22. The van der Waals surface area contributed by atoms with E-state index in [-0.39, 0.29) is 12.7 Å². The first-order chi connectivity index (χ1) is 9.72. The standard InChI is InChI=1S/C15H12INO3/c16-12-4-2-11(3-5-12)15(18)17-8-10-1-6-13-14(7-10)20-9-19-13/h1-7H,8-9H2,(H,17,18). The Labute approximate surface area is 130 Å². The molecule has 3 rings (SSSR count). The summed E-state index contributed by atoms with van der Waals surface area (Å²) in [7, 11) is 0. The number of ether oxygens (including phenoxy) is 2. The summed E-state index contributed by atoms with van der Waals surface area (Å²) in [5.41, 5.74) is 1.64. The predicted octanol–water partition coefficient (Wildman–Crippen LogP) is 2.95. The maximum absolute atomic E-state index is 12.0. The second-order valence-corrected chi connectivity index (χ2v) is 5.62. The van der Waals surface area contributed by atoms with Gasteiger partial charge < -0.3 is 14.8 Å². The third-order valence-corrected chi connectivity index (χ3v) is 3.72. The second kappa shape index (κ2) is 5.70. The molecule has 0 aromatic heterocycles. The topological polar surface area (TPSA) is 47.6 Å². The summed E-state index contributed by atoms with van der Waals surface area (Å²) in [6.45, 7) is 0.718. The van der Waals surface area contributed by atoms with Gasteiger partial charge in [0.1, 0.15) is 0 Å². The zero-order valence-electron chi connectivity index (χ0n) is 10.6. The summed E-state index contributed by atoms with van der Waals surface area (Å²) >= 11 is 2.21. The van der Waals surface area contributed by atoms with Crippen LogP contribution in [0, 0.1) is 3.57 Å². The van der Waals surface area contributed by atoms with Crippen molar-refractivity contribution in [2.75, 3.05) is 6.79 Å². The molecule has 0 spiro atoms. The van der Waals surface area contributed by atoms with Crippen LogP contribution in [0.15, 0.2) is 42.5 Å². The van der Waals surface area contributed by atoms with Gasteiger partial charge in [-0.1, -0.05) is 6.07 Å². The van der Waals surface area contributed by atoms with Crippen LogP contribution in [0.25, 0.3) is 0 Å². The highest BCUT2D eigenvalue weighted by molar-refractivity contribution is 14.1. The lowest BCUT2D eigenvalue weighted by Gasteiger charge is -2.06. The van der Waals surface area contributed by atoms with Crippen molar-refractivity contribution in [2.45, 2.75) is 6.54 Å². The van der Waals surface area contributed by atoms with E-state index in [0.29, 0.717) is 12.1 Å². The van der Waals surface area contributed by atoms with E-state index in [1.165, 1.54) is 0 Å². The minimum absolute atomic E-state index is 0.0842. The van der Waals surface area contributed by atoms with Gasteiger partial charge in [-0.25, -0.2) is 0 Å². The Kier molecular flexibility index (Phi) is 3.77. The second-order valence-electron chi connectivity index (χ2n) is 4.38. The Hall–Kier alpha value is -1.76. The van der Waals surface area contributed by atoms with Gasteiger partial charge in [-0.3, -0.25) is 4.79 Å². The predicted molar refractivity (Wildman–Crippen MR) is 82.9 cm³/mol. The fourth-order valence-electron chi connectivity index (χ4n) is 1.94. The van der Waals surface area contributed by atoms with Crippen LogP contribution in [0.3, 0.4) is 0 Å². The van der Waals surface area contributed by atoms with E-state index >= 15 is 0 Å². The van der Waals surface area contributed by atoms with Gasteiger partial charge in [0.05, 0.1) is 0 Å². The Bertz CT molecular complexity index is 640. The highest BCUT2D eigenvalue weighted by Crippen LogP contribution is 2.32. The Morgan fingerprint density at radius 2 is 1.85 bits per heavy atom. The lowest BCUT2D eigenvalue weighted by Crippen LogP contribution is -2.22. The number of halogens is 1. The van der Waals surface area contributed by atoms with Gasteiger partial charge in [0, 0.05) is 15.7 Å². The van der Waals surface area contributed by atoms with Crippen molar-refractivity contribution < 1.29 is 14.3 Å². The van der Waals surface area contributed by atoms with Gasteiger partial charge in [-0.05, 0) is 64.6 Å². The maximum Gasteiger partial charge on any atom is 0.251 e. The van der Waals surface area contributed by atoms with Crippen molar-refractivity contribution in [3.05, 3.63) is 57.2 Å². The van der Waals surface area contributed by atoms with Crippen molar-refractivity contribution in [3.63, 3.8) is 0 Å². The molecular formula is C15H12INO3. The average Bonchev–Trinajstić information content (AvgIpc) is 2.93. The van der Waals surface area contributed by atoms with Crippen LogP contribution in [0.2, 0.25) is 0 Å². The highest BCUT2D eigenvalue weighted by Gasteiger charge is 2.13. The normalized spacial score (nSPS) is 12.2. The number of rotatable bonds is 3. The first kappa shape index (κ1) is 13.2. The van der Waals surface area contributed by atoms with E-state index in [9.17, 15) is 4.79 Å². The summed E-state index contributed by atoms with van der Waals surface area (Å²) in [6.07, 6.45) is 0. The summed E-state index contributed by atoms with van der Waals surface area (Å²) in [6, 6.07) is 13.1. The van der Waals surface area contributed by atoms with Crippen LogP contribution < -0.4 is 14.8 Å². The molecular weight excluding hydrogens is 369 g/mol. The van der Waals surface area contributed by atoms with Gasteiger partial charge in [0.15, 0.2) is 11.5 Å². The summed E-state index contributed by atoms with van der Waals surface area (Å²) in [4.78, 5) is 12.0. The van der Waals surface area contributed by atoms with Crippen LogP contribution in [-0.2, 0) is 6.54 Å². The molecule has 1 amide bonds. The fraction of sp³-hybridized carbons (Fsp3) is 0.133. The molecule has 0 saturated carbocycles. The molecule has 0 atom stereocenters. The highest BCUT2D eigenvalue weighted by atomic mass is 127. The number of hydrogen-bond donors (Lipinski definition) is 1. The Morgan fingerprint density at radius 3 is 2.65 bits per heavy atom. The van der Waals surface area contributed by atoms with Gasteiger partial charge in [-0.15, -0.1) is 0 Å². The summed E-state index contributed by atoms with van der Waals surface area (Å²) < 4.78 is 11.7. The largest absolute Gasteiger partial charge is 0.454 e. The number of carbonyl (C=O) groups excluding carboxylic acids is 1. The van der Waals surface area contributed by atoms with Gasteiger partial charge in [0.25, 0.3) is 5.91 Å². The number of benzene rings is 2. The molecule has 0 saturated heterocycles. The number of hydrogen-bond acceptors (Lipinski definition) is 3. The summed E-state index contributed by atoms with van der Waals surface area (Å²) in [5, 5.41) is 2.89. The van der Waals surface area contributed by atoms with Crippen molar-refractivity contribution in [1.29, 1.82) is 0 Å². The zero-order valence-corrected chi connectivity index (χ0v) is 12.7. The van der Waals surface area contributed by atoms with E-state index in [1.807, 2.05) is 42.5 Å². The molecule has 1 N–H and O–H groups in total. The molecule has 20 heavy (non-hydrogen) atoms. The SMILES string of the molecule is O=C(NCc1ccc2c(c1)OCO2)c1ccc(I)cc1. The average molecular weight is 381 g/mol. The van der Waals surface area contributed by atoms with Crippen molar-refractivity contribution in [1.82, 2.24) is 5.32 Å². The van der Waals surface area contributed by atoms with Gasteiger partial charge >= 0.3 is 0 Å². The van der Waals surface area contributed by atoms with E-state index < -0.39 is 0 Å². The maximum atomic E-state index is 12.0. The molecule has 4 nitrogen and oxygen atoms in total. The van der Waals surface area contributed by atoms with Crippen molar-refractivity contribution in [2.24, 2.45) is 0 Å². The van der Waals surface area contributed by atoms with Crippen LogP contribution in [-0.4, -0.2) is 12.7 Å². The van der Waals surface area contributed by atoms with Crippen molar-refractivity contribution >= 4 is 28.5 Å². The van der Waals surface area contributed by atoms with E-state index in [2.05, 4.69) is 27.9 Å². The molecule has 2 aromatic rings. The number of fused-ring (bicyclic) bond motifs is 1. The number of nitrogens with one attached hydrogen (secondary N) is 1. The third kappa shape index (κ3) is 2.87. The molecule has 0 fully saturated rings. The van der Waals surface area contributed by atoms with E-state index in [0.717, 1.165) is 20.6 Å². The molecule has 102 valence electrons. The molecule has 1 aliphatic heterocycles. The zero-order chi connectivity index (χ0) is 13.9. The molecule has 0 bridgehead atoms. The minimum Gasteiger partial charge on any atom is -0.454 e. The molecule has 5 heteroatoms. The van der Waals surface area contributed by atoms with Crippen LogP contribution in [0.5, 0.6) is 11.5 Å². The summed E-state index contributed by atoms with van der Waals surface area (Å²) in [5.74, 6) is 1.39. The molecule has 1 heterocycles. The molecule has 2 aromatic carbocycles. The Morgan fingerprint density at radius 1 is 1.10 bits per heavy atom. The lowest BCUT2D eigenvalue weighted by molar-refractivity contribution is 0.0951. The van der Waals surface area contributed by atoms with E-state index in [1.54, 1.807) is 0 Å². The molecule has 0 radical (unpaired) electrons. The number of carbonyl (C=O) groups is 1. The monoisotopic (exact) mass is 381 g/mol.